The van der Waals surface area contributed by atoms with Crippen LogP contribution in [0.3, 0.4) is 0 Å². The number of hydrogen-bond donors (Lipinski definition) is 2. The maximum Gasteiger partial charge on any atom is 0.251 e. The third-order valence-corrected chi connectivity index (χ3v) is 3.55. The largest absolute Gasteiger partial charge is 0.382 e. The lowest BCUT2D eigenvalue weighted by Crippen LogP contribution is -2.34. The zero-order valence-electron chi connectivity index (χ0n) is 12.5. The van der Waals surface area contributed by atoms with Crippen molar-refractivity contribution in [1.29, 1.82) is 0 Å². The van der Waals surface area contributed by atoms with Crippen molar-refractivity contribution in [3.8, 4) is 0 Å². The van der Waals surface area contributed by atoms with E-state index in [2.05, 4.69) is 10.6 Å². The lowest BCUT2D eigenvalue weighted by atomic mass is 10.2. The molecule has 1 aromatic carbocycles. The summed E-state index contributed by atoms with van der Waals surface area (Å²) < 4.78 is 5.15. The van der Waals surface area contributed by atoms with E-state index in [0.29, 0.717) is 54.8 Å². The molecule has 0 atom stereocenters. The fraction of sp³-hybridized carbons (Fsp3) is 0.467. The molecule has 5 nitrogen and oxygen atoms in total. The number of ether oxygens (including phenoxy) is 1. The van der Waals surface area contributed by atoms with E-state index < -0.39 is 0 Å². The standard InChI is InChI=1S/C15H20Cl2N2O3/c1-2-22-9-3-4-14(20)18-7-8-19-15(21)11-5-6-12(16)13(17)10-11/h5-6,10H,2-4,7-9H2,1H3,(H,18,20)(H,19,21). The molecule has 0 bridgehead atoms. The molecule has 0 fully saturated rings. The van der Waals surface area contributed by atoms with E-state index in [0.717, 1.165) is 0 Å². The molecular formula is C15H20Cl2N2O3. The van der Waals surface area contributed by atoms with Crippen LogP contribution in [0.5, 0.6) is 0 Å². The van der Waals surface area contributed by atoms with Gasteiger partial charge in [0.05, 0.1) is 10.0 Å². The van der Waals surface area contributed by atoms with Crippen LogP contribution in [0.4, 0.5) is 0 Å². The van der Waals surface area contributed by atoms with E-state index in [9.17, 15) is 9.59 Å². The van der Waals surface area contributed by atoms with Crippen molar-refractivity contribution < 1.29 is 14.3 Å². The smallest absolute Gasteiger partial charge is 0.251 e. The molecule has 0 saturated carbocycles. The first-order valence-electron chi connectivity index (χ1n) is 7.12. The van der Waals surface area contributed by atoms with Crippen LogP contribution in [-0.2, 0) is 9.53 Å². The third-order valence-electron chi connectivity index (χ3n) is 2.81. The highest BCUT2D eigenvalue weighted by atomic mass is 35.5. The Labute approximate surface area is 140 Å². The number of amides is 2. The highest BCUT2D eigenvalue weighted by Gasteiger charge is 2.07. The number of carbonyl (C=O) groups excluding carboxylic acids is 2. The van der Waals surface area contributed by atoms with Gasteiger partial charge in [-0.2, -0.15) is 0 Å². The predicted octanol–water partition coefficient (Wildman–Crippen LogP) is 2.66. The number of hydrogen-bond acceptors (Lipinski definition) is 3. The maximum absolute atomic E-state index is 11.9. The van der Waals surface area contributed by atoms with E-state index in [1.54, 1.807) is 12.1 Å². The van der Waals surface area contributed by atoms with Crippen LogP contribution in [0.25, 0.3) is 0 Å². The normalized spacial score (nSPS) is 10.3. The monoisotopic (exact) mass is 346 g/mol. The molecule has 0 aliphatic rings. The molecule has 1 rings (SSSR count). The lowest BCUT2D eigenvalue weighted by molar-refractivity contribution is -0.121. The van der Waals surface area contributed by atoms with E-state index in [1.807, 2.05) is 6.92 Å². The molecule has 2 amide bonds. The van der Waals surface area contributed by atoms with Crippen LogP contribution in [0.2, 0.25) is 10.0 Å². The molecule has 122 valence electrons. The Morgan fingerprint density at radius 1 is 1.14 bits per heavy atom. The van der Waals surface area contributed by atoms with Crippen molar-refractivity contribution in [2.75, 3.05) is 26.3 Å². The van der Waals surface area contributed by atoms with E-state index in [1.165, 1.54) is 6.07 Å². The first-order valence-corrected chi connectivity index (χ1v) is 7.88. The van der Waals surface area contributed by atoms with Crippen molar-refractivity contribution >= 4 is 35.0 Å². The summed E-state index contributed by atoms with van der Waals surface area (Å²) in [5.41, 5.74) is 0.428. The van der Waals surface area contributed by atoms with Crippen molar-refractivity contribution in [3.63, 3.8) is 0 Å². The molecule has 0 heterocycles. The SMILES string of the molecule is CCOCCCC(=O)NCCNC(=O)c1ccc(Cl)c(Cl)c1. The van der Waals surface area contributed by atoms with Gasteiger partial charge in [-0.05, 0) is 31.5 Å². The van der Waals surface area contributed by atoms with Crippen molar-refractivity contribution in [2.45, 2.75) is 19.8 Å². The van der Waals surface area contributed by atoms with Gasteiger partial charge < -0.3 is 15.4 Å². The van der Waals surface area contributed by atoms with Crippen molar-refractivity contribution in [2.24, 2.45) is 0 Å². The number of halogens is 2. The summed E-state index contributed by atoms with van der Waals surface area (Å²) in [6.45, 7) is 3.87. The number of rotatable bonds is 9. The van der Waals surface area contributed by atoms with Crippen molar-refractivity contribution in [1.82, 2.24) is 10.6 Å². The van der Waals surface area contributed by atoms with Gasteiger partial charge in [0.25, 0.3) is 5.91 Å². The fourth-order valence-electron chi connectivity index (χ4n) is 1.68. The summed E-state index contributed by atoms with van der Waals surface area (Å²) in [5.74, 6) is -0.312. The number of benzene rings is 1. The topological polar surface area (TPSA) is 67.4 Å². The van der Waals surface area contributed by atoms with E-state index in [4.69, 9.17) is 27.9 Å². The zero-order chi connectivity index (χ0) is 16.4. The van der Waals surface area contributed by atoms with E-state index >= 15 is 0 Å². The van der Waals surface area contributed by atoms with Crippen LogP contribution < -0.4 is 10.6 Å². The zero-order valence-corrected chi connectivity index (χ0v) is 14.0. The number of carbonyl (C=O) groups is 2. The van der Waals surface area contributed by atoms with Crippen LogP contribution in [0.1, 0.15) is 30.1 Å². The average molecular weight is 347 g/mol. The minimum atomic E-state index is -0.260. The Bertz CT molecular complexity index is 510. The van der Waals surface area contributed by atoms with Gasteiger partial charge in [-0.3, -0.25) is 9.59 Å². The van der Waals surface area contributed by atoms with Gasteiger partial charge in [0.15, 0.2) is 0 Å². The van der Waals surface area contributed by atoms with Crippen LogP contribution >= 0.6 is 23.2 Å². The van der Waals surface area contributed by atoms with Gasteiger partial charge in [-0.1, -0.05) is 23.2 Å². The summed E-state index contributed by atoms with van der Waals surface area (Å²) in [6.07, 6.45) is 1.11. The molecule has 0 aliphatic carbocycles. The fourth-order valence-corrected chi connectivity index (χ4v) is 1.98. The highest BCUT2D eigenvalue weighted by molar-refractivity contribution is 6.42. The molecule has 0 aliphatic heterocycles. The molecule has 0 radical (unpaired) electrons. The van der Waals surface area contributed by atoms with Gasteiger partial charge in [-0.25, -0.2) is 0 Å². The molecule has 2 N–H and O–H groups in total. The van der Waals surface area contributed by atoms with Gasteiger partial charge in [-0.15, -0.1) is 0 Å². The number of nitrogens with one attached hydrogen (secondary N) is 2. The van der Waals surface area contributed by atoms with Gasteiger partial charge in [0, 0.05) is 38.3 Å². The van der Waals surface area contributed by atoms with Crippen LogP contribution in [-0.4, -0.2) is 38.1 Å². The molecule has 0 aromatic heterocycles. The Hall–Kier alpha value is -1.30. The summed E-state index contributed by atoms with van der Waals surface area (Å²) in [6, 6.07) is 4.67. The lowest BCUT2D eigenvalue weighted by Gasteiger charge is -2.08. The first kappa shape index (κ1) is 18.7. The molecular weight excluding hydrogens is 327 g/mol. The maximum atomic E-state index is 11.9. The molecule has 1 aromatic rings. The van der Waals surface area contributed by atoms with Gasteiger partial charge in [0.2, 0.25) is 5.91 Å². The Morgan fingerprint density at radius 3 is 2.55 bits per heavy atom. The predicted molar refractivity (Wildman–Crippen MR) is 87.5 cm³/mol. The first-order chi connectivity index (χ1) is 10.5. The van der Waals surface area contributed by atoms with Crippen molar-refractivity contribution in [3.05, 3.63) is 33.8 Å². The second-order valence-electron chi connectivity index (χ2n) is 4.54. The van der Waals surface area contributed by atoms with Crippen LogP contribution in [0.15, 0.2) is 18.2 Å². The Morgan fingerprint density at radius 2 is 1.86 bits per heavy atom. The summed E-state index contributed by atoms with van der Waals surface area (Å²) in [4.78, 5) is 23.3. The third kappa shape index (κ3) is 7.11. The Balaban J connectivity index is 2.19. The summed E-state index contributed by atoms with van der Waals surface area (Å²) in [7, 11) is 0. The van der Waals surface area contributed by atoms with Gasteiger partial charge >= 0.3 is 0 Å². The summed E-state index contributed by atoms with van der Waals surface area (Å²) >= 11 is 11.6. The molecule has 7 heteroatoms. The highest BCUT2D eigenvalue weighted by Crippen LogP contribution is 2.22. The second-order valence-corrected chi connectivity index (χ2v) is 5.35. The average Bonchev–Trinajstić information content (AvgIpc) is 2.50. The van der Waals surface area contributed by atoms with Gasteiger partial charge in [0.1, 0.15) is 0 Å². The molecule has 0 unspecified atom stereocenters. The minimum Gasteiger partial charge on any atom is -0.382 e. The summed E-state index contributed by atoms with van der Waals surface area (Å²) in [5, 5.41) is 6.16. The minimum absolute atomic E-state index is 0.0523. The Kier molecular flexibility index (Phi) is 8.89. The van der Waals surface area contributed by atoms with E-state index in [-0.39, 0.29) is 11.8 Å². The molecule has 0 saturated heterocycles. The quantitative estimate of drug-likeness (QED) is 0.675. The molecule has 22 heavy (non-hydrogen) atoms. The molecule has 0 spiro atoms. The van der Waals surface area contributed by atoms with Crippen LogP contribution in [0, 0.1) is 0 Å². The second kappa shape index (κ2) is 10.4.